The van der Waals surface area contributed by atoms with Crippen LogP contribution in [0.3, 0.4) is 0 Å². The smallest absolute Gasteiger partial charge is 0.126 e. The normalized spacial score (nSPS) is 11.8. The molecule has 0 saturated carbocycles. The first-order chi connectivity index (χ1) is 6.87. The Morgan fingerprint density at radius 1 is 1.07 bits per heavy atom. The van der Waals surface area contributed by atoms with Crippen molar-refractivity contribution in [2.24, 2.45) is 5.41 Å². The highest BCUT2D eigenvalue weighted by atomic mass is 19.1. The Bertz CT molecular complexity index is 309. The summed E-state index contributed by atoms with van der Waals surface area (Å²) in [5.41, 5.74) is 0.808. The maximum absolute atomic E-state index is 12.8. The van der Waals surface area contributed by atoms with Gasteiger partial charge in [-0.3, -0.25) is 0 Å². The van der Waals surface area contributed by atoms with Gasteiger partial charge in [-0.05, 0) is 23.1 Å². The van der Waals surface area contributed by atoms with Crippen molar-refractivity contribution >= 4 is 0 Å². The average Bonchev–Trinajstić information content (AvgIpc) is 1.99. The third kappa shape index (κ3) is 4.88. The van der Waals surface area contributed by atoms with Gasteiger partial charge in [0.05, 0.1) is 0 Å². The Morgan fingerprint density at radius 2 is 1.60 bits per heavy atom. The lowest BCUT2D eigenvalue weighted by Gasteiger charge is -2.18. The fraction of sp³-hybridized carbons (Fsp3) is 0.500. The monoisotopic (exact) mass is 213 g/mol. The first kappa shape index (κ1) is 12.1. The van der Waals surface area contributed by atoms with Crippen LogP contribution in [0, 0.1) is 17.0 Å². The molecule has 0 radical (unpaired) electrons. The van der Waals surface area contributed by atoms with Crippen molar-refractivity contribution in [3.8, 4) is 0 Å². The van der Waals surface area contributed by atoms with Gasteiger partial charge >= 0.3 is 0 Å². The minimum atomic E-state index is -0.525. The predicted octanol–water partition coefficient (Wildman–Crippen LogP) is 3.10. The van der Waals surface area contributed by atoms with Crippen molar-refractivity contribution in [3.63, 3.8) is 0 Å². The topological polar surface area (TPSA) is 12.0 Å². The van der Waals surface area contributed by atoms with Gasteiger partial charge in [0.2, 0.25) is 0 Å². The Balaban J connectivity index is 2.51. The highest BCUT2D eigenvalue weighted by molar-refractivity contribution is 5.17. The van der Waals surface area contributed by atoms with E-state index in [0.29, 0.717) is 12.1 Å². The van der Waals surface area contributed by atoms with Gasteiger partial charge in [0.1, 0.15) is 11.6 Å². The molecule has 0 fully saturated rings. The van der Waals surface area contributed by atoms with Crippen LogP contribution in [-0.2, 0) is 6.54 Å². The van der Waals surface area contributed by atoms with E-state index in [9.17, 15) is 8.78 Å². The molecule has 0 unspecified atom stereocenters. The van der Waals surface area contributed by atoms with Gasteiger partial charge in [0.25, 0.3) is 0 Å². The van der Waals surface area contributed by atoms with Gasteiger partial charge in [-0.15, -0.1) is 0 Å². The number of halogens is 2. The van der Waals surface area contributed by atoms with Crippen molar-refractivity contribution in [1.82, 2.24) is 5.32 Å². The van der Waals surface area contributed by atoms with Crippen LogP contribution in [0.25, 0.3) is 0 Å². The van der Waals surface area contributed by atoms with Crippen LogP contribution in [-0.4, -0.2) is 6.54 Å². The molecule has 0 bridgehead atoms. The Kier molecular flexibility index (Phi) is 3.80. The fourth-order valence-corrected chi connectivity index (χ4v) is 1.29. The molecule has 1 aromatic carbocycles. The van der Waals surface area contributed by atoms with E-state index in [1.807, 2.05) is 0 Å². The minimum Gasteiger partial charge on any atom is -0.312 e. The van der Waals surface area contributed by atoms with E-state index in [1.54, 1.807) is 0 Å². The molecule has 0 saturated heterocycles. The standard InChI is InChI=1S/C12H17F2N/c1-12(2,3)8-15-7-9-4-10(13)6-11(14)5-9/h4-6,15H,7-8H2,1-3H3. The van der Waals surface area contributed by atoms with Crippen LogP contribution in [0.5, 0.6) is 0 Å². The van der Waals surface area contributed by atoms with Crippen LogP contribution in [0.2, 0.25) is 0 Å². The average molecular weight is 213 g/mol. The van der Waals surface area contributed by atoms with E-state index >= 15 is 0 Å². The summed E-state index contributed by atoms with van der Waals surface area (Å²) in [5, 5.41) is 3.16. The lowest BCUT2D eigenvalue weighted by molar-refractivity contribution is 0.379. The molecule has 84 valence electrons. The highest BCUT2D eigenvalue weighted by Gasteiger charge is 2.09. The Labute approximate surface area is 89.5 Å². The molecule has 3 heteroatoms. The lowest BCUT2D eigenvalue weighted by atomic mass is 9.97. The molecule has 1 N–H and O–H groups in total. The molecule has 15 heavy (non-hydrogen) atoms. The zero-order valence-corrected chi connectivity index (χ0v) is 9.40. The van der Waals surface area contributed by atoms with E-state index in [1.165, 1.54) is 12.1 Å². The van der Waals surface area contributed by atoms with Gasteiger partial charge in [0, 0.05) is 19.2 Å². The largest absolute Gasteiger partial charge is 0.312 e. The van der Waals surface area contributed by atoms with Crippen molar-refractivity contribution in [1.29, 1.82) is 0 Å². The highest BCUT2D eigenvalue weighted by Crippen LogP contribution is 2.12. The number of hydrogen-bond acceptors (Lipinski definition) is 1. The summed E-state index contributed by atoms with van der Waals surface area (Å²) in [7, 11) is 0. The summed E-state index contributed by atoms with van der Waals surface area (Å²) < 4.78 is 25.6. The van der Waals surface area contributed by atoms with Gasteiger partial charge in [-0.1, -0.05) is 20.8 Å². The molecule has 1 aromatic rings. The molecule has 0 amide bonds. The van der Waals surface area contributed by atoms with E-state index in [0.717, 1.165) is 12.6 Å². The second kappa shape index (κ2) is 4.71. The summed E-state index contributed by atoms with van der Waals surface area (Å²) in [4.78, 5) is 0. The first-order valence-corrected chi connectivity index (χ1v) is 5.02. The van der Waals surface area contributed by atoms with Crippen LogP contribution in [0.1, 0.15) is 26.3 Å². The molecule has 1 nitrogen and oxygen atoms in total. The molecule has 0 heterocycles. The Hall–Kier alpha value is -0.960. The molecule has 0 aromatic heterocycles. The van der Waals surface area contributed by atoms with Crippen molar-refractivity contribution in [2.75, 3.05) is 6.54 Å². The third-order valence-corrected chi connectivity index (χ3v) is 1.91. The van der Waals surface area contributed by atoms with Gasteiger partial charge < -0.3 is 5.32 Å². The zero-order valence-electron chi connectivity index (χ0n) is 9.40. The van der Waals surface area contributed by atoms with Crippen LogP contribution >= 0.6 is 0 Å². The number of rotatable bonds is 3. The SMILES string of the molecule is CC(C)(C)CNCc1cc(F)cc(F)c1. The number of nitrogens with one attached hydrogen (secondary N) is 1. The van der Waals surface area contributed by atoms with E-state index < -0.39 is 11.6 Å². The van der Waals surface area contributed by atoms with Crippen molar-refractivity contribution in [3.05, 3.63) is 35.4 Å². The van der Waals surface area contributed by atoms with E-state index in [2.05, 4.69) is 26.1 Å². The molecular formula is C12H17F2N. The molecule has 0 aliphatic carbocycles. The van der Waals surface area contributed by atoms with Crippen LogP contribution in [0.4, 0.5) is 8.78 Å². The molecule has 1 rings (SSSR count). The Morgan fingerprint density at radius 3 is 2.07 bits per heavy atom. The molecule has 0 atom stereocenters. The molecule has 0 aliphatic rings. The van der Waals surface area contributed by atoms with E-state index in [4.69, 9.17) is 0 Å². The second-order valence-corrected chi connectivity index (χ2v) is 4.94. The quantitative estimate of drug-likeness (QED) is 0.813. The summed E-state index contributed by atoms with van der Waals surface area (Å²) in [6.45, 7) is 7.61. The second-order valence-electron chi connectivity index (χ2n) is 4.94. The summed E-state index contributed by atoms with van der Waals surface area (Å²) >= 11 is 0. The zero-order chi connectivity index (χ0) is 11.5. The predicted molar refractivity (Wildman–Crippen MR) is 57.5 cm³/mol. The molecule has 0 aliphatic heterocycles. The molecule has 0 spiro atoms. The van der Waals surface area contributed by atoms with Crippen molar-refractivity contribution in [2.45, 2.75) is 27.3 Å². The first-order valence-electron chi connectivity index (χ1n) is 5.02. The fourth-order valence-electron chi connectivity index (χ4n) is 1.29. The third-order valence-electron chi connectivity index (χ3n) is 1.91. The van der Waals surface area contributed by atoms with Crippen LogP contribution in [0.15, 0.2) is 18.2 Å². The number of hydrogen-bond donors (Lipinski definition) is 1. The summed E-state index contributed by atoms with van der Waals surface area (Å²) in [6.07, 6.45) is 0. The maximum Gasteiger partial charge on any atom is 0.126 e. The van der Waals surface area contributed by atoms with Gasteiger partial charge in [-0.25, -0.2) is 8.78 Å². The molecular weight excluding hydrogens is 196 g/mol. The lowest BCUT2D eigenvalue weighted by Crippen LogP contribution is -2.26. The summed E-state index contributed by atoms with van der Waals surface area (Å²) in [6, 6.07) is 3.57. The minimum absolute atomic E-state index is 0.172. The number of benzene rings is 1. The van der Waals surface area contributed by atoms with Crippen LogP contribution < -0.4 is 5.32 Å². The maximum atomic E-state index is 12.8. The summed E-state index contributed by atoms with van der Waals surface area (Å²) in [5.74, 6) is -1.05. The van der Waals surface area contributed by atoms with E-state index in [-0.39, 0.29) is 5.41 Å². The van der Waals surface area contributed by atoms with Gasteiger partial charge in [-0.2, -0.15) is 0 Å². The van der Waals surface area contributed by atoms with Crippen molar-refractivity contribution < 1.29 is 8.78 Å². The van der Waals surface area contributed by atoms with Gasteiger partial charge in [0.15, 0.2) is 0 Å².